The number of nitrogens with zero attached hydrogens (tertiary/aromatic N) is 1. The number of nitrogens with two attached hydrogens (primary N) is 1. The highest BCUT2D eigenvalue weighted by Gasteiger charge is 2.32. The van der Waals surface area contributed by atoms with E-state index >= 15 is 0 Å². The van der Waals surface area contributed by atoms with Crippen LogP contribution in [0.3, 0.4) is 0 Å². The SMILES string of the molecule is Cc1cc2[nH]c(-c3ccccc3N)nc2cc1CC1CC1C. The van der Waals surface area contributed by atoms with Crippen LogP contribution >= 0.6 is 0 Å². The van der Waals surface area contributed by atoms with Crippen LogP contribution in [0.15, 0.2) is 36.4 Å². The molecule has 0 amide bonds. The van der Waals surface area contributed by atoms with Crippen LogP contribution in [-0.4, -0.2) is 9.97 Å². The second-order valence-electron chi connectivity index (χ2n) is 6.65. The Labute approximate surface area is 130 Å². The van der Waals surface area contributed by atoms with Gasteiger partial charge in [-0.1, -0.05) is 19.1 Å². The second kappa shape index (κ2) is 4.87. The lowest BCUT2D eigenvalue weighted by atomic mass is 10.0. The highest BCUT2D eigenvalue weighted by Crippen LogP contribution is 2.41. The molecule has 3 aromatic rings. The zero-order valence-corrected chi connectivity index (χ0v) is 13.1. The maximum Gasteiger partial charge on any atom is 0.140 e. The van der Waals surface area contributed by atoms with Gasteiger partial charge in [0.05, 0.1) is 11.0 Å². The number of fused-ring (bicyclic) bond motifs is 1. The summed E-state index contributed by atoms with van der Waals surface area (Å²) in [7, 11) is 0. The minimum absolute atomic E-state index is 0.755. The minimum atomic E-state index is 0.755. The van der Waals surface area contributed by atoms with Crippen molar-refractivity contribution in [2.75, 3.05) is 5.73 Å². The normalized spacial score (nSPS) is 20.5. The van der Waals surface area contributed by atoms with Crippen molar-refractivity contribution in [3.05, 3.63) is 47.5 Å². The summed E-state index contributed by atoms with van der Waals surface area (Å²) in [5.41, 5.74) is 12.7. The minimum Gasteiger partial charge on any atom is -0.398 e. The Morgan fingerprint density at radius 2 is 2.05 bits per heavy atom. The van der Waals surface area contributed by atoms with Crippen LogP contribution in [0.5, 0.6) is 0 Å². The van der Waals surface area contributed by atoms with E-state index in [1.807, 2.05) is 24.3 Å². The molecule has 0 radical (unpaired) electrons. The highest BCUT2D eigenvalue weighted by atomic mass is 14.9. The van der Waals surface area contributed by atoms with Crippen molar-refractivity contribution in [2.24, 2.45) is 11.8 Å². The van der Waals surface area contributed by atoms with E-state index in [4.69, 9.17) is 10.7 Å². The van der Waals surface area contributed by atoms with Gasteiger partial charge in [-0.25, -0.2) is 4.98 Å². The topological polar surface area (TPSA) is 54.7 Å². The Morgan fingerprint density at radius 1 is 1.27 bits per heavy atom. The lowest BCUT2D eigenvalue weighted by Gasteiger charge is -2.04. The number of aromatic amines is 1. The molecule has 2 unspecified atom stereocenters. The van der Waals surface area contributed by atoms with Gasteiger partial charge in [0.25, 0.3) is 0 Å². The molecule has 1 fully saturated rings. The first kappa shape index (κ1) is 13.4. The molecule has 3 heteroatoms. The summed E-state index contributed by atoms with van der Waals surface area (Å²) in [4.78, 5) is 8.16. The van der Waals surface area contributed by atoms with Gasteiger partial charge >= 0.3 is 0 Å². The van der Waals surface area contributed by atoms with E-state index < -0.39 is 0 Å². The largest absolute Gasteiger partial charge is 0.398 e. The number of hydrogen-bond donors (Lipinski definition) is 2. The number of nitrogen functional groups attached to an aromatic ring is 1. The fraction of sp³-hybridized carbons (Fsp3) is 0.316. The van der Waals surface area contributed by atoms with Crippen LogP contribution in [-0.2, 0) is 6.42 Å². The van der Waals surface area contributed by atoms with Crippen LogP contribution in [0.4, 0.5) is 5.69 Å². The second-order valence-corrected chi connectivity index (χ2v) is 6.65. The fourth-order valence-electron chi connectivity index (χ4n) is 3.23. The lowest BCUT2D eigenvalue weighted by Crippen LogP contribution is -1.93. The number of aromatic nitrogens is 2. The van der Waals surface area contributed by atoms with Gasteiger partial charge in [-0.15, -0.1) is 0 Å². The van der Waals surface area contributed by atoms with Crippen molar-refractivity contribution in [2.45, 2.75) is 26.7 Å². The quantitative estimate of drug-likeness (QED) is 0.706. The molecule has 0 aliphatic heterocycles. The van der Waals surface area contributed by atoms with E-state index in [0.29, 0.717) is 0 Å². The van der Waals surface area contributed by atoms with Crippen molar-refractivity contribution in [3.63, 3.8) is 0 Å². The Balaban J connectivity index is 1.76. The van der Waals surface area contributed by atoms with Gasteiger partial charge in [0.2, 0.25) is 0 Å². The number of para-hydroxylation sites is 1. The Hall–Kier alpha value is -2.29. The molecule has 4 rings (SSSR count). The predicted molar refractivity (Wildman–Crippen MR) is 91.7 cm³/mol. The summed E-state index contributed by atoms with van der Waals surface area (Å²) in [6, 6.07) is 12.3. The average molecular weight is 291 g/mol. The van der Waals surface area contributed by atoms with E-state index in [1.165, 1.54) is 24.0 Å². The maximum absolute atomic E-state index is 6.06. The molecule has 112 valence electrons. The molecule has 3 N–H and O–H groups in total. The summed E-state index contributed by atoms with van der Waals surface area (Å²) in [6.07, 6.45) is 2.54. The summed E-state index contributed by atoms with van der Waals surface area (Å²) in [5, 5.41) is 0. The number of nitrogens with one attached hydrogen (secondary N) is 1. The average Bonchev–Trinajstić information content (AvgIpc) is 3.03. The molecule has 3 nitrogen and oxygen atoms in total. The van der Waals surface area contributed by atoms with Gasteiger partial charge < -0.3 is 10.7 Å². The number of benzene rings is 2. The summed E-state index contributed by atoms with van der Waals surface area (Å²) in [5.74, 6) is 2.60. The van der Waals surface area contributed by atoms with Gasteiger partial charge in [-0.3, -0.25) is 0 Å². The van der Waals surface area contributed by atoms with Crippen LogP contribution in [0.2, 0.25) is 0 Å². The summed E-state index contributed by atoms with van der Waals surface area (Å²) in [6.45, 7) is 4.53. The van der Waals surface area contributed by atoms with E-state index in [1.54, 1.807) is 0 Å². The van der Waals surface area contributed by atoms with Crippen LogP contribution in [0, 0.1) is 18.8 Å². The molecule has 2 aromatic carbocycles. The third-order valence-electron chi connectivity index (χ3n) is 4.91. The number of anilines is 1. The van der Waals surface area contributed by atoms with E-state index in [0.717, 1.165) is 39.9 Å². The number of rotatable bonds is 3. The standard InChI is InChI=1S/C19H21N3/c1-11-7-13(11)9-14-10-18-17(8-12(14)2)21-19(22-18)15-5-3-4-6-16(15)20/h3-6,8,10-11,13H,7,9,20H2,1-2H3,(H,21,22). The number of imidazole rings is 1. The lowest BCUT2D eigenvalue weighted by molar-refractivity contribution is 0.744. The molecule has 22 heavy (non-hydrogen) atoms. The molecule has 1 saturated carbocycles. The maximum atomic E-state index is 6.06. The van der Waals surface area contributed by atoms with E-state index in [-0.39, 0.29) is 0 Å². The van der Waals surface area contributed by atoms with Crippen LogP contribution < -0.4 is 5.73 Å². The van der Waals surface area contributed by atoms with Crippen molar-refractivity contribution in [3.8, 4) is 11.4 Å². The van der Waals surface area contributed by atoms with Crippen LogP contribution in [0.1, 0.15) is 24.5 Å². The number of aryl methyl sites for hydroxylation is 1. The molecule has 0 spiro atoms. The van der Waals surface area contributed by atoms with Gasteiger partial charge in [-0.05, 0) is 67.0 Å². The first-order valence-corrected chi connectivity index (χ1v) is 7.96. The third-order valence-corrected chi connectivity index (χ3v) is 4.91. The fourth-order valence-corrected chi connectivity index (χ4v) is 3.23. The van der Waals surface area contributed by atoms with Gasteiger partial charge in [0.1, 0.15) is 5.82 Å². The molecule has 0 bridgehead atoms. The molecule has 1 aliphatic carbocycles. The highest BCUT2D eigenvalue weighted by molar-refractivity contribution is 5.83. The molecule has 1 aliphatic rings. The predicted octanol–water partition coefficient (Wildman–Crippen LogP) is 4.32. The van der Waals surface area contributed by atoms with Crippen molar-refractivity contribution in [1.29, 1.82) is 0 Å². The smallest absolute Gasteiger partial charge is 0.140 e. The Morgan fingerprint density at radius 3 is 2.77 bits per heavy atom. The molecule has 2 atom stereocenters. The first-order valence-electron chi connectivity index (χ1n) is 7.96. The van der Waals surface area contributed by atoms with E-state index in [9.17, 15) is 0 Å². The molecule has 1 aromatic heterocycles. The number of hydrogen-bond acceptors (Lipinski definition) is 2. The number of H-pyrrole nitrogens is 1. The molecule has 0 saturated heterocycles. The Bertz CT molecular complexity index is 847. The molecular formula is C19H21N3. The summed E-state index contributed by atoms with van der Waals surface area (Å²) < 4.78 is 0. The Kier molecular flexibility index (Phi) is 2.96. The monoisotopic (exact) mass is 291 g/mol. The van der Waals surface area contributed by atoms with Gasteiger partial charge in [0.15, 0.2) is 0 Å². The van der Waals surface area contributed by atoms with Gasteiger partial charge in [-0.2, -0.15) is 0 Å². The first-order chi connectivity index (χ1) is 10.6. The third kappa shape index (κ3) is 2.27. The van der Waals surface area contributed by atoms with Gasteiger partial charge in [0, 0.05) is 11.3 Å². The molecular weight excluding hydrogens is 270 g/mol. The molecule has 1 heterocycles. The van der Waals surface area contributed by atoms with Crippen molar-refractivity contribution in [1.82, 2.24) is 9.97 Å². The zero-order valence-electron chi connectivity index (χ0n) is 13.1. The summed E-state index contributed by atoms with van der Waals surface area (Å²) >= 11 is 0. The van der Waals surface area contributed by atoms with E-state index in [2.05, 4.69) is 31.0 Å². The zero-order chi connectivity index (χ0) is 15.3. The van der Waals surface area contributed by atoms with Crippen molar-refractivity contribution >= 4 is 16.7 Å². The van der Waals surface area contributed by atoms with Crippen LogP contribution in [0.25, 0.3) is 22.4 Å². The van der Waals surface area contributed by atoms with Crippen molar-refractivity contribution < 1.29 is 0 Å².